The molecule has 0 radical (unpaired) electrons. The van der Waals surface area contributed by atoms with E-state index in [2.05, 4.69) is 10.5 Å². The molecule has 0 unspecified atom stereocenters. The van der Waals surface area contributed by atoms with Gasteiger partial charge in [0, 0.05) is 6.54 Å². The quantitative estimate of drug-likeness (QED) is 0.612. The first-order valence-electron chi connectivity index (χ1n) is 9.46. The first-order chi connectivity index (χ1) is 13.9. The molecule has 152 valence electrons. The van der Waals surface area contributed by atoms with Crippen molar-refractivity contribution < 1.29 is 23.6 Å². The fourth-order valence-corrected chi connectivity index (χ4v) is 2.95. The Morgan fingerprint density at radius 2 is 1.86 bits per heavy atom. The SMILES string of the molecule is CCNC(=O)[C@H](C)OC(=O)c1cc2ccccc2cc1OCc1c(C)noc1C. The van der Waals surface area contributed by atoms with Gasteiger partial charge in [-0.3, -0.25) is 4.79 Å². The van der Waals surface area contributed by atoms with Crippen molar-refractivity contribution in [3.8, 4) is 5.75 Å². The molecular formula is C22H24N2O5. The van der Waals surface area contributed by atoms with Gasteiger partial charge in [0.1, 0.15) is 23.7 Å². The average Bonchev–Trinajstić information content (AvgIpc) is 3.03. The van der Waals surface area contributed by atoms with E-state index < -0.39 is 12.1 Å². The highest BCUT2D eigenvalue weighted by molar-refractivity contribution is 5.99. The summed E-state index contributed by atoms with van der Waals surface area (Å²) in [5.41, 5.74) is 1.82. The van der Waals surface area contributed by atoms with Gasteiger partial charge < -0.3 is 19.3 Å². The predicted octanol–water partition coefficient (Wildman–Crippen LogP) is 3.71. The fraction of sp³-hybridized carbons (Fsp3) is 0.318. The van der Waals surface area contributed by atoms with Crippen molar-refractivity contribution in [1.29, 1.82) is 0 Å². The number of rotatable bonds is 7. The molecule has 0 aliphatic carbocycles. The number of amides is 1. The number of nitrogens with zero attached hydrogens (tertiary/aromatic N) is 1. The van der Waals surface area contributed by atoms with Crippen molar-refractivity contribution in [2.75, 3.05) is 6.54 Å². The van der Waals surface area contributed by atoms with E-state index in [1.807, 2.05) is 38.1 Å². The number of esters is 1. The minimum absolute atomic E-state index is 0.200. The first-order valence-corrected chi connectivity index (χ1v) is 9.46. The number of benzene rings is 2. The van der Waals surface area contributed by atoms with Crippen molar-refractivity contribution in [2.24, 2.45) is 0 Å². The molecule has 0 saturated carbocycles. The molecule has 0 saturated heterocycles. The summed E-state index contributed by atoms with van der Waals surface area (Å²) in [7, 11) is 0. The highest BCUT2D eigenvalue weighted by atomic mass is 16.5. The van der Waals surface area contributed by atoms with Crippen LogP contribution in [0.2, 0.25) is 0 Å². The molecule has 1 heterocycles. The lowest BCUT2D eigenvalue weighted by Gasteiger charge is -2.16. The molecule has 3 rings (SSSR count). The van der Waals surface area contributed by atoms with Gasteiger partial charge in [0.05, 0.1) is 11.3 Å². The van der Waals surface area contributed by atoms with Crippen molar-refractivity contribution in [2.45, 2.75) is 40.4 Å². The summed E-state index contributed by atoms with van der Waals surface area (Å²) >= 11 is 0. The number of fused-ring (bicyclic) bond motifs is 1. The monoisotopic (exact) mass is 396 g/mol. The third kappa shape index (κ3) is 4.56. The Labute approximate surface area is 169 Å². The topological polar surface area (TPSA) is 90.7 Å². The highest BCUT2D eigenvalue weighted by Crippen LogP contribution is 2.28. The minimum atomic E-state index is -0.913. The zero-order valence-corrected chi connectivity index (χ0v) is 16.9. The van der Waals surface area contributed by atoms with Crippen LogP contribution in [0.15, 0.2) is 40.9 Å². The number of ether oxygens (including phenoxy) is 2. The summed E-state index contributed by atoms with van der Waals surface area (Å²) < 4.78 is 16.5. The van der Waals surface area contributed by atoms with E-state index in [9.17, 15) is 9.59 Å². The maximum atomic E-state index is 12.8. The van der Waals surface area contributed by atoms with Crippen LogP contribution < -0.4 is 10.1 Å². The van der Waals surface area contributed by atoms with E-state index in [1.54, 1.807) is 19.1 Å². The van der Waals surface area contributed by atoms with Crippen LogP contribution in [0.4, 0.5) is 0 Å². The Hall–Kier alpha value is -3.35. The Morgan fingerprint density at radius 1 is 1.17 bits per heavy atom. The van der Waals surface area contributed by atoms with Crippen LogP contribution in [0.25, 0.3) is 10.8 Å². The van der Waals surface area contributed by atoms with Gasteiger partial charge in [-0.15, -0.1) is 0 Å². The lowest BCUT2D eigenvalue weighted by atomic mass is 10.1. The minimum Gasteiger partial charge on any atom is -0.488 e. The molecule has 0 spiro atoms. The standard InChI is InChI=1S/C22H24N2O5/c1-5-23-21(25)15(4)28-22(26)18-10-16-8-6-7-9-17(16)11-20(18)27-12-19-13(2)24-29-14(19)3/h6-11,15H,5,12H2,1-4H3,(H,23,25)/t15-/m0/s1. The Bertz CT molecular complexity index is 1020. The van der Waals surface area contributed by atoms with Crippen LogP contribution in [0.1, 0.15) is 41.2 Å². The van der Waals surface area contributed by atoms with E-state index in [4.69, 9.17) is 14.0 Å². The second kappa shape index (κ2) is 8.77. The van der Waals surface area contributed by atoms with E-state index in [-0.39, 0.29) is 18.1 Å². The first kappa shape index (κ1) is 20.4. The third-order valence-electron chi connectivity index (χ3n) is 4.63. The van der Waals surface area contributed by atoms with Gasteiger partial charge in [0.15, 0.2) is 6.10 Å². The molecule has 0 aliphatic rings. The molecular weight excluding hydrogens is 372 g/mol. The van der Waals surface area contributed by atoms with Gasteiger partial charge in [0.2, 0.25) is 0 Å². The van der Waals surface area contributed by atoms with Crippen molar-refractivity contribution in [3.05, 3.63) is 59.0 Å². The maximum Gasteiger partial charge on any atom is 0.342 e. The Balaban J connectivity index is 1.90. The smallest absolute Gasteiger partial charge is 0.342 e. The number of nitrogens with one attached hydrogen (secondary N) is 1. The Kier molecular flexibility index (Phi) is 6.16. The normalized spacial score (nSPS) is 11.9. The maximum absolute atomic E-state index is 12.8. The number of carbonyl (C=O) groups is 2. The number of hydrogen-bond donors (Lipinski definition) is 1. The summed E-state index contributed by atoms with van der Waals surface area (Å²) in [5, 5.41) is 8.35. The number of aromatic nitrogens is 1. The Morgan fingerprint density at radius 3 is 2.48 bits per heavy atom. The van der Waals surface area contributed by atoms with Crippen LogP contribution in [-0.2, 0) is 16.1 Å². The molecule has 0 aliphatic heterocycles. The van der Waals surface area contributed by atoms with Crippen LogP contribution in [0, 0.1) is 13.8 Å². The molecule has 1 amide bonds. The van der Waals surface area contributed by atoms with Crippen molar-refractivity contribution in [3.63, 3.8) is 0 Å². The van der Waals surface area contributed by atoms with E-state index in [0.717, 1.165) is 22.0 Å². The lowest BCUT2D eigenvalue weighted by Crippen LogP contribution is -2.35. The molecule has 2 aromatic carbocycles. The number of likely N-dealkylation sites (N-methyl/N-ethyl adjacent to an activating group) is 1. The summed E-state index contributed by atoms with van der Waals surface area (Å²) in [4.78, 5) is 24.7. The van der Waals surface area contributed by atoms with Gasteiger partial charge in [-0.25, -0.2) is 4.79 Å². The van der Waals surface area contributed by atoms with Gasteiger partial charge in [-0.2, -0.15) is 0 Å². The molecule has 1 aromatic heterocycles. The largest absolute Gasteiger partial charge is 0.488 e. The number of aryl methyl sites for hydroxylation is 2. The summed E-state index contributed by atoms with van der Waals surface area (Å²) in [6.07, 6.45) is -0.913. The van der Waals surface area contributed by atoms with Crippen LogP contribution in [0.5, 0.6) is 5.75 Å². The molecule has 1 atom stereocenters. The average molecular weight is 396 g/mol. The van der Waals surface area contributed by atoms with Gasteiger partial charge in [-0.05, 0) is 50.6 Å². The number of carbonyl (C=O) groups excluding carboxylic acids is 2. The van der Waals surface area contributed by atoms with Gasteiger partial charge >= 0.3 is 5.97 Å². The lowest BCUT2D eigenvalue weighted by molar-refractivity contribution is -0.128. The summed E-state index contributed by atoms with van der Waals surface area (Å²) in [6.45, 7) is 7.64. The van der Waals surface area contributed by atoms with E-state index >= 15 is 0 Å². The van der Waals surface area contributed by atoms with Gasteiger partial charge in [-0.1, -0.05) is 29.4 Å². The molecule has 7 nitrogen and oxygen atoms in total. The van der Waals surface area contributed by atoms with Gasteiger partial charge in [0.25, 0.3) is 5.91 Å². The van der Waals surface area contributed by atoms with Crippen LogP contribution in [0.3, 0.4) is 0 Å². The molecule has 0 bridgehead atoms. The molecule has 3 aromatic rings. The zero-order valence-electron chi connectivity index (χ0n) is 16.9. The van der Waals surface area contributed by atoms with Crippen LogP contribution in [-0.4, -0.2) is 29.7 Å². The van der Waals surface area contributed by atoms with Crippen molar-refractivity contribution >= 4 is 22.6 Å². The highest BCUT2D eigenvalue weighted by Gasteiger charge is 2.22. The number of hydrogen-bond acceptors (Lipinski definition) is 6. The fourth-order valence-electron chi connectivity index (χ4n) is 2.95. The molecule has 7 heteroatoms. The van der Waals surface area contributed by atoms with E-state index in [1.165, 1.54) is 6.92 Å². The molecule has 0 fully saturated rings. The summed E-state index contributed by atoms with van der Waals surface area (Å²) in [6, 6.07) is 11.1. The molecule has 29 heavy (non-hydrogen) atoms. The van der Waals surface area contributed by atoms with Crippen molar-refractivity contribution in [1.82, 2.24) is 10.5 Å². The van der Waals surface area contributed by atoms with E-state index in [0.29, 0.717) is 18.1 Å². The second-order valence-electron chi connectivity index (χ2n) is 6.73. The second-order valence-corrected chi connectivity index (χ2v) is 6.73. The zero-order chi connectivity index (χ0) is 21.0. The third-order valence-corrected chi connectivity index (χ3v) is 4.63. The van der Waals surface area contributed by atoms with Crippen LogP contribution >= 0.6 is 0 Å². The predicted molar refractivity (Wildman–Crippen MR) is 108 cm³/mol. The molecule has 1 N–H and O–H groups in total. The summed E-state index contributed by atoms with van der Waals surface area (Å²) in [5.74, 6) is 0.0668.